The zero-order chi connectivity index (χ0) is 20.8. The first-order valence-corrected chi connectivity index (χ1v) is 9.96. The van der Waals surface area contributed by atoms with E-state index in [1.54, 1.807) is 24.3 Å². The first kappa shape index (κ1) is 20.9. The average Bonchev–Trinajstić information content (AvgIpc) is 3.07. The van der Waals surface area contributed by atoms with Crippen molar-refractivity contribution in [2.24, 2.45) is 0 Å². The Kier molecular flexibility index (Phi) is 6.88. The Morgan fingerprint density at radius 3 is 2.66 bits per heavy atom. The summed E-state index contributed by atoms with van der Waals surface area (Å²) in [5.41, 5.74) is 3.06. The molecule has 0 bridgehead atoms. The van der Waals surface area contributed by atoms with Gasteiger partial charge in [-0.3, -0.25) is 14.3 Å². The molecule has 1 heterocycles. The Morgan fingerprint density at radius 2 is 1.93 bits per heavy atom. The number of halogens is 1. The maximum absolute atomic E-state index is 12.3. The molecule has 1 unspecified atom stereocenters. The molecule has 2 N–H and O–H groups in total. The van der Waals surface area contributed by atoms with Gasteiger partial charge in [0.05, 0.1) is 18.1 Å². The van der Waals surface area contributed by atoms with E-state index in [1.165, 1.54) is 5.56 Å². The number of rotatable bonds is 9. The molecule has 0 saturated carbocycles. The van der Waals surface area contributed by atoms with Gasteiger partial charge in [0.25, 0.3) is 0 Å². The van der Waals surface area contributed by atoms with Crippen molar-refractivity contribution in [3.05, 3.63) is 64.8 Å². The highest BCUT2D eigenvalue weighted by Crippen LogP contribution is 2.25. The molecular formula is C22H24ClN3O3. The van der Waals surface area contributed by atoms with E-state index in [0.717, 1.165) is 22.9 Å². The Bertz CT molecular complexity index is 998. The first-order valence-electron chi connectivity index (χ1n) is 9.58. The Morgan fingerprint density at radius 1 is 1.17 bits per heavy atom. The van der Waals surface area contributed by atoms with Crippen molar-refractivity contribution in [3.8, 4) is 0 Å². The van der Waals surface area contributed by atoms with E-state index >= 15 is 0 Å². The number of hydrogen-bond acceptors (Lipinski definition) is 3. The monoisotopic (exact) mass is 413 g/mol. The van der Waals surface area contributed by atoms with E-state index < -0.39 is 5.97 Å². The van der Waals surface area contributed by atoms with Crippen molar-refractivity contribution in [1.82, 2.24) is 15.1 Å². The van der Waals surface area contributed by atoms with Gasteiger partial charge >= 0.3 is 5.97 Å². The van der Waals surface area contributed by atoms with E-state index in [9.17, 15) is 14.7 Å². The van der Waals surface area contributed by atoms with E-state index in [1.807, 2.05) is 17.8 Å². The van der Waals surface area contributed by atoms with Gasteiger partial charge in [0.1, 0.15) is 0 Å². The van der Waals surface area contributed by atoms with Crippen LogP contribution in [0.4, 0.5) is 0 Å². The second-order valence-electron chi connectivity index (χ2n) is 7.18. The lowest BCUT2D eigenvalue weighted by atomic mass is 9.92. The average molecular weight is 414 g/mol. The first-order chi connectivity index (χ1) is 13.9. The van der Waals surface area contributed by atoms with Crippen molar-refractivity contribution in [1.29, 1.82) is 0 Å². The quantitative estimate of drug-likeness (QED) is 0.516. The number of amides is 1. The van der Waals surface area contributed by atoms with Crippen molar-refractivity contribution in [3.63, 3.8) is 0 Å². The van der Waals surface area contributed by atoms with Crippen molar-refractivity contribution in [2.75, 3.05) is 6.54 Å². The number of nitrogens with zero attached hydrogens (tertiary/aromatic N) is 2. The summed E-state index contributed by atoms with van der Waals surface area (Å²) >= 11 is 5.90. The zero-order valence-corrected chi connectivity index (χ0v) is 17.0. The lowest BCUT2D eigenvalue weighted by Crippen LogP contribution is -2.27. The molecule has 3 aromatic rings. The molecule has 1 atom stereocenters. The van der Waals surface area contributed by atoms with Crippen molar-refractivity contribution in [2.45, 2.75) is 38.6 Å². The number of aromatic nitrogens is 2. The fourth-order valence-electron chi connectivity index (χ4n) is 3.36. The number of hydrogen-bond donors (Lipinski definition) is 2. The maximum atomic E-state index is 12.3. The van der Waals surface area contributed by atoms with Crippen LogP contribution in [0.5, 0.6) is 0 Å². The van der Waals surface area contributed by atoms with Crippen LogP contribution in [0.15, 0.2) is 48.7 Å². The number of carbonyl (C=O) groups excluding carboxylic acids is 1. The van der Waals surface area contributed by atoms with E-state index in [0.29, 0.717) is 18.1 Å². The topological polar surface area (TPSA) is 84.2 Å². The SMILES string of the molecule is Cc1ccc2cnn(CCCNC(=O)CC(CC(=O)O)c3ccc(Cl)cc3)c2c1. The van der Waals surface area contributed by atoms with Gasteiger partial charge in [0.15, 0.2) is 0 Å². The third-order valence-electron chi connectivity index (χ3n) is 4.86. The lowest BCUT2D eigenvalue weighted by Gasteiger charge is -2.15. The van der Waals surface area contributed by atoms with Gasteiger partial charge in [-0.1, -0.05) is 35.9 Å². The molecule has 3 rings (SSSR count). The summed E-state index contributed by atoms with van der Waals surface area (Å²) in [5, 5.41) is 18.1. The summed E-state index contributed by atoms with van der Waals surface area (Å²) in [5.74, 6) is -1.48. The highest BCUT2D eigenvalue weighted by molar-refractivity contribution is 6.30. The number of carboxylic acids is 1. The summed E-state index contributed by atoms with van der Waals surface area (Å²) in [6.45, 7) is 3.25. The number of nitrogens with one attached hydrogen (secondary N) is 1. The van der Waals surface area contributed by atoms with Gasteiger partial charge in [0.2, 0.25) is 5.91 Å². The molecule has 0 spiro atoms. The van der Waals surface area contributed by atoms with Gasteiger partial charge in [-0.15, -0.1) is 0 Å². The summed E-state index contributed by atoms with van der Waals surface area (Å²) in [6.07, 6.45) is 2.60. The van der Waals surface area contributed by atoms with Crippen LogP contribution in [0.3, 0.4) is 0 Å². The van der Waals surface area contributed by atoms with Crippen LogP contribution in [-0.4, -0.2) is 33.3 Å². The molecule has 0 saturated heterocycles. The Hall–Kier alpha value is -2.86. The number of aliphatic carboxylic acids is 1. The number of benzene rings is 2. The minimum absolute atomic E-state index is 0.103. The largest absolute Gasteiger partial charge is 0.481 e. The van der Waals surface area contributed by atoms with Crippen LogP contribution in [0.1, 0.15) is 36.3 Å². The van der Waals surface area contributed by atoms with E-state index in [2.05, 4.69) is 28.6 Å². The van der Waals surface area contributed by atoms with Crippen LogP contribution in [0.25, 0.3) is 10.9 Å². The minimum atomic E-state index is -0.932. The molecule has 2 aromatic carbocycles. The number of carboxylic acid groups (broad SMARTS) is 1. The molecule has 0 aliphatic rings. The summed E-state index contributed by atoms with van der Waals surface area (Å²) in [7, 11) is 0. The van der Waals surface area contributed by atoms with Crippen LogP contribution in [-0.2, 0) is 16.1 Å². The molecule has 152 valence electrons. The Labute approximate surface area is 174 Å². The molecule has 6 nitrogen and oxygen atoms in total. The molecule has 7 heteroatoms. The maximum Gasteiger partial charge on any atom is 0.303 e. The molecule has 0 aliphatic carbocycles. The molecule has 1 amide bonds. The van der Waals surface area contributed by atoms with Crippen LogP contribution >= 0.6 is 11.6 Å². The number of aryl methyl sites for hydroxylation is 2. The third kappa shape index (κ3) is 5.81. The third-order valence-corrected chi connectivity index (χ3v) is 5.12. The fourth-order valence-corrected chi connectivity index (χ4v) is 3.49. The standard InChI is InChI=1S/C22H24ClN3O3/c1-15-3-4-17-14-25-26(20(17)11-15)10-2-9-24-21(27)12-18(13-22(28)29)16-5-7-19(23)8-6-16/h3-8,11,14,18H,2,9-10,12-13H2,1H3,(H,24,27)(H,28,29). The number of carbonyl (C=O) groups is 2. The highest BCUT2D eigenvalue weighted by Gasteiger charge is 2.19. The second-order valence-corrected chi connectivity index (χ2v) is 7.62. The number of fused-ring (bicyclic) bond motifs is 1. The summed E-state index contributed by atoms with van der Waals surface area (Å²) in [4.78, 5) is 23.5. The van der Waals surface area contributed by atoms with E-state index in [4.69, 9.17) is 11.6 Å². The normalized spacial score (nSPS) is 12.1. The van der Waals surface area contributed by atoms with Crippen LogP contribution in [0.2, 0.25) is 5.02 Å². The predicted octanol–water partition coefficient (Wildman–Crippen LogP) is 4.15. The molecule has 0 radical (unpaired) electrons. The van der Waals surface area contributed by atoms with Crippen LogP contribution < -0.4 is 5.32 Å². The molecule has 0 fully saturated rings. The predicted molar refractivity (Wildman–Crippen MR) is 113 cm³/mol. The highest BCUT2D eigenvalue weighted by atomic mass is 35.5. The fraction of sp³-hybridized carbons (Fsp3) is 0.318. The van der Waals surface area contributed by atoms with Crippen molar-refractivity contribution >= 4 is 34.4 Å². The van der Waals surface area contributed by atoms with E-state index in [-0.39, 0.29) is 24.7 Å². The van der Waals surface area contributed by atoms with Gasteiger partial charge in [0, 0.05) is 35.8 Å². The summed E-state index contributed by atoms with van der Waals surface area (Å²) < 4.78 is 1.94. The summed E-state index contributed by atoms with van der Waals surface area (Å²) in [6, 6.07) is 13.2. The lowest BCUT2D eigenvalue weighted by molar-refractivity contribution is -0.137. The van der Waals surface area contributed by atoms with Gasteiger partial charge < -0.3 is 10.4 Å². The molecular weight excluding hydrogens is 390 g/mol. The molecule has 0 aliphatic heterocycles. The smallest absolute Gasteiger partial charge is 0.303 e. The zero-order valence-electron chi connectivity index (χ0n) is 16.3. The molecule has 29 heavy (non-hydrogen) atoms. The van der Waals surface area contributed by atoms with Crippen molar-refractivity contribution < 1.29 is 14.7 Å². The minimum Gasteiger partial charge on any atom is -0.481 e. The second kappa shape index (κ2) is 9.56. The van der Waals surface area contributed by atoms with Gasteiger partial charge in [-0.25, -0.2) is 0 Å². The van der Waals surface area contributed by atoms with Gasteiger partial charge in [-0.05, 0) is 42.7 Å². The van der Waals surface area contributed by atoms with Crippen LogP contribution in [0, 0.1) is 6.92 Å². The van der Waals surface area contributed by atoms with Gasteiger partial charge in [-0.2, -0.15) is 5.10 Å². The Balaban J connectivity index is 1.51. The molecule has 1 aromatic heterocycles.